The SMILES string of the molecule is CCc1ccc(C(C)(C)C(=O)N2CCCC(CNC)C2)cc1. The Labute approximate surface area is 135 Å². The molecule has 1 unspecified atom stereocenters. The van der Waals surface area contributed by atoms with Crippen molar-refractivity contribution in [2.24, 2.45) is 5.92 Å². The second-order valence-electron chi connectivity index (χ2n) is 6.99. The molecule has 0 aromatic heterocycles. The minimum Gasteiger partial charge on any atom is -0.342 e. The molecule has 1 amide bonds. The first kappa shape index (κ1) is 17.0. The molecule has 1 aromatic carbocycles. The van der Waals surface area contributed by atoms with Crippen LogP contribution < -0.4 is 5.32 Å². The fraction of sp³-hybridized carbons (Fsp3) is 0.632. The summed E-state index contributed by atoms with van der Waals surface area (Å²) in [6.07, 6.45) is 3.37. The number of carbonyl (C=O) groups is 1. The lowest BCUT2D eigenvalue weighted by Crippen LogP contribution is -2.49. The highest BCUT2D eigenvalue weighted by Gasteiger charge is 2.35. The Morgan fingerprint density at radius 1 is 1.32 bits per heavy atom. The molecule has 1 fully saturated rings. The lowest BCUT2D eigenvalue weighted by atomic mass is 9.82. The normalized spacial score (nSPS) is 19.3. The third-order valence-electron chi connectivity index (χ3n) is 4.92. The van der Waals surface area contributed by atoms with E-state index in [1.807, 2.05) is 7.05 Å². The van der Waals surface area contributed by atoms with Crippen LogP contribution in [0.25, 0.3) is 0 Å². The number of aryl methyl sites for hydroxylation is 1. The molecule has 0 spiro atoms. The van der Waals surface area contributed by atoms with Crippen LogP contribution >= 0.6 is 0 Å². The maximum atomic E-state index is 13.0. The smallest absolute Gasteiger partial charge is 0.232 e. The lowest BCUT2D eigenvalue weighted by molar-refractivity contribution is -0.138. The van der Waals surface area contributed by atoms with Crippen molar-refractivity contribution in [1.29, 1.82) is 0 Å². The van der Waals surface area contributed by atoms with Crippen LogP contribution in [0, 0.1) is 5.92 Å². The van der Waals surface area contributed by atoms with E-state index in [9.17, 15) is 4.79 Å². The Morgan fingerprint density at radius 3 is 2.59 bits per heavy atom. The van der Waals surface area contributed by atoms with E-state index >= 15 is 0 Å². The maximum absolute atomic E-state index is 13.0. The largest absolute Gasteiger partial charge is 0.342 e. The average Bonchev–Trinajstić information content (AvgIpc) is 2.54. The topological polar surface area (TPSA) is 32.3 Å². The molecule has 1 aliphatic heterocycles. The molecule has 1 saturated heterocycles. The van der Waals surface area contributed by atoms with E-state index in [4.69, 9.17) is 0 Å². The van der Waals surface area contributed by atoms with Gasteiger partial charge in [-0.2, -0.15) is 0 Å². The van der Waals surface area contributed by atoms with Gasteiger partial charge in [0.05, 0.1) is 5.41 Å². The third-order valence-corrected chi connectivity index (χ3v) is 4.92. The zero-order valence-corrected chi connectivity index (χ0v) is 14.5. The van der Waals surface area contributed by atoms with Crippen molar-refractivity contribution in [3.05, 3.63) is 35.4 Å². The number of piperidine rings is 1. The summed E-state index contributed by atoms with van der Waals surface area (Å²) in [5.41, 5.74) is 1.98. The zero-order valence-electron chi connectivity index (χ0n) is 14.5. The first-order valence-corrected chi connectivity index (χ1v) is 8.52. The number of nitrogens with zero attached hydrogens (tertiary/aromatic N) is 1. The van der Waals surface area contributed by atoms with Crippen LogP contribution in [-0.2, 0) is 16.6 Å². The van der Waals surface area contributed by atoms with Crippen LogP contribution in [0.3, 0.4) is 0 Å². The van der Waals surface area contributed by atoms with Crippen molar-refractivity contribution in [2.75, 3.05) is 26.7 Å². The number of benzene rings is 1. The van der Waals surface area contributed by atoms with Gasteiger partial charge in [-0.1, -0.05) is 31.2 Å². The van der Waals surface area contributed by atoms with E-state index in [1.165, 1.54) is 12.0 Å². The van der Waals surface area contributed by atoms with Crippen LogP contribution in [0.1, 0.15) is 44.7 Å². The Bertz CT molecular complexity index is 491. The van der Waals surface area contributed by atoms with Gasteiger partial charge < -0.3 is 10.2 Å². The Hall–Kier alpha value is -1.35. The van der Waals surface area contributed by atoms with E-state index in [0.717, 1.165) is 38.0 Å². The van der Waals surface area contributed by atoms with Gasteiger partial charge in [0.1, 0.15) is 0 Å². The van der Waals surface area contributed by atoms with Crippen molar-refractivity contribution in [1.82, 2.24) is 10.2 Å². The van der Waals surface area contributed by atoms with Crippen LogP contribution in [0.5, 0.6) is 0 Å². The second-order valence-corrected chi connectivity index (χ2v) is 6.99. The summed E-state index contributed by atoms with van der Waals surface area (Å²) in [7, 11) is 1.99. The van der Waals surface area contributed by atoms with Gasteiger partial charge in [0.15, 0.2) is 0 Å². The standard InChI is InChI=1S/C19H30N2O/c1-5-15-8-10-17(11-9-15)19(2,3)18(22)21-12-6-7-16(14-21)13-20-4/h8-11,16,20H,5-7,12-14H2,1-4H3. The Morgan fingerprint density at radius 2 is 2.00 bits per heavy atom. The van der Waals surface area contributed by atoms with Gasteiger partial charge in [0.25, 0.3) is 0 Å². The first-order valence-electron chi connectivity index (χ1n) is 8.52. The molecule has 2 rings (SSSR count). The lowest BCUT2D eigenvalue weighted by Gasteiger charge is -2.38. The number of likely N-dealkylation sites (tertiary alicyclic amines) is 1. The molecule has 1 aromatic rings. The molecule has 0 radical (unpaired) electrons. The van der Waals surface area contributed by atoms with Gasteiger partial charge in [-0.25, -0.2) is 0 Å². The van der Waals surface area contributed by atoms with Crippen molar-refractivity contribution in [3.8, 4) is 0 Å². The van der Waals surface area contributed by atoms with Gasteiger partial charge >= 0.3 is 0 Å². The minimum absolute atomic E-state index is 0.262. The van der Waals surface area contributed by atoms with E-state index < -0.39 is 5.41 Å². The highest BCUT2D eigenvalue weighted by Crippen LogP contribution is 2.28. The molecule has 0 bridgehead atoms. The van der Waals surface area contributed by atoms with Crippen molar-refractivity contribution in [2.45, 2.75) is 45.4 Å². The number of nitrogens with one attached hydrogen (secondary N) is 1. The van der Waals surface area contributed by atoms with E-state index in [0.29, 0.717) is 5.92 Å². The molecule has 3 nitrogen and oxygen atoms in total. The van der Waals surface area contributed by atoms with Gasteiger partial charge in [-0.15, -0.1) is 0 Å². The predicted octanol–water partition coefficient (Wildman–Crippen LogP) is 2.98. The van der Waals surface area contributed by atoms with E-state index in [2.05, 4.69) is 55.3 Å². The number of hydrogen-bond donors (Lipinski definition) is 1. The molecule has 3 heteroatoms. The zero-order chi connectivity index (χ0) is 16.2. The summed E-state index contributed by atoms with van der Waals surface area (Å²) in [6.45, 7) is 9.04. The van der Waals surface area contributed by atoms with Crippen molar-refractivity contribution >= 4 is 5.91 Å². The highest BCUT2D eigenvalue weighted by atomic mass is 16.2. The summed E-state index contributed by atoms with van der Waals surface area (Å²) in [4.78, 5) is 15.1. The molecule has 1 aliphatic rings. The molecular formula is C19H30N2O. The summed E-state index contributed by atoms with van der Waals surface area (Å²) in [6, 6.07) is 8.52. The maximum Gasteiger partial charge on any atom is 0.232 e. The molecule has 22 heavy (non-hydrogen) atoms. The third kappa shape index (κ3) is 3.70. The van der Waals surface area contributed by atoms with Crippen LogP contribution in [0.4, 0.5) is 0 Å². The van der Waals surface area contributed by atoms with Gasteiger partial charge in [0.2, 0.25) is 5.91 Å². The number of hydrogen-bond acceptors (Lipinski definition) is 2. The summed E-state index contributed by atoms with van der Waals surface area (Å²) >= 11 is 0. The molecule has 1 heterocycles. The Kier molecular flexibility index (Phi) is 5.63. The summed E-state index contributed by atoms with van der Waals surface area (Å²) < 4.78 is 0. The second kappa shape index (κ2) is 7.28. The van der Waals surface area contributed by atoms with Gasteiger partial charge in [-0.3, -0.25) is 4.79 Å². The van der Waals surface area contributed by atoms with Crippen LogP contribution in [0.15, 0.2) is 24.3 Å². The number of amides is 1. The number of carbonyl (C=O) groups excluding carboxylic acids is 1. The fourth-order valence-corrected chi connectivity index (χ4v) is 3.38. The molecule has 1 N–H and O–H groups in total. The van der Waals surface area contributed by atoms with Gasteiger partial charge in [-0.05, 0) is 63.7 Å². The molecular weight excluding hydrogens is 272 g/mol. The summed E-state index contributed by atoms with van der Waals surface area (Å²) in [5, 5.41) is 3.24. The minimum atomic E-state index is -0.451. The van der Waals surface area contributed by atoms with Gasteiger partial charge in [0, 0.05) is 13.1 Å². The fourth-order valence-electron chi connectivity index (χ4n) is 3.38. The highest BCUT2D eigenvalue weighted by molar-refractivity contribution is 5.87. The Balaban J connectivity index is 2.11. The quantitative estimate of drug-likeness (QED) is 0.907. The number of rotatable bonds is 5. The van der Waals surface area contributed by atoms with Crippen LogP contribution in [0.2, 0.25) is 0 Å². The molecule has 0 aliphatic carbocycles. The monoisotopic (exact) mass is 302 g/mol. The van der Waals surface area contributed by atoms with E-state index in [1.54, 1.807) is 0 Å². The van der Waals surface area contributed by atoms with Crippen LogP contribution in [-0.4, -0.2) is 37.5 Å². The molecule has 122 valence electrons. The van der Waals surface area contributed by atoms with Crippen molar-refractivity contribution in [3.63, 3.8) is 0 Å². The van der Waals surface area contributed by atoms with Crippen molar-refractivity contribution < 1.29 is 4.79 Å². The predicted molar refractivity (Wildman–Crippen MR) is 92.1 cm³/mol. The average molecular weight is 302 g/mol. The molecule has 1 atom stereocenters. The first-order chi connectivity index (χ1) is 10.5. The van der Waals surface area contributed by atoms with E-state index in [-0.39, 0.29) is 5.91 Å². The summed E-state index contributed by atoms with van der Waals surface area (Å²) in [5.74, 6) is 0.846. The molecule has 0 saturated carbocycles.